The number of halogens is 1. The molecule has 1 aromatic carbocycles. The van der Waals surface area contributed by atoms with Gasteiger partial charge in [-0.3, -0.25) is 4.79 Å². The molecule has 1 aliphatic rings. The number of carbonyl (C=O) groups is 2. The van der Waals surface area contributed by atoms with Gasteiger partial charge in [0, 0.05) is 29.1 Å². The zero-order valence-electron chi connectivity index (χ0n) is 10.1. The van der Waals surface area contributed by atoms with Crippen LogP contribution in [0.5, 0.6) is 0 Å². The molecular formula is C13H14BrNO3S. The summed E-state index contributed by atoms with van der Waals surface area (Å²) in [6.07, 6.45) is 0.617. The van der Waals surface area contributed by atoms with Crippen LogP contribution in [0.1, 0.15) is 12.0 Å². The zero-order valence-corrected chi connectivity index (χ0v) is 12.6. The second-order valence-electron chi connectivity index (χ2n) is 4.59. The zero-order chi connectivity index (χ0) is 14.0. The monoisotopic (exact) mass is 343 g/mol. The molecule has 0 saturated carbocycles. The molecule has 1 amide bonds. The molecule has 6 heteroatoms. The molecule has 1 aromatic rings. The average molecular weight is 344 g/mol. The molecule has 2 rings (SSSR count). The Morgan fingerprint density at radius 1 is 1.58 bits per heavy atom. The highest BCUT2D eigenvalue weighted by molar-refractivity contribution is 9.10. The Morgan fingerprint density at radius 3 is 2.84 bits per heavy atom. The second-order valence-corrected chi connectivity index (χ2v) is 6.24. The van der Waals surface area contributed by atoms with E-state index >= 15 is 0 Å². The first-order valence-electron chi connectivity index (χ1n) is 5.92. The molecule has 0 aromatic heterocycles. The van der Waals surface area contributed by atoms with E-state index in [-0.39, 0.29) is 11.2 Å². The summed E-state index contributed by atoms with van der Waals surface area (Å²) in [6, 6.07) is 6.64. The third-order valence-corrected chi connectivity index (χ3v) is 3.96. The molecular weight excluding hydrogens is 330 g/mol. The van der Waals surface area contributed by atoms with E-state index in [4.69, 9.17) is 0 Å². The van der Waals surface area contributed by atoms with Crippen LogP contribution in [-0.4, -0.2) is 39.7 Å². The summed E-state index contributed by atoms with van der Waals surface area (Å²) >= 11 is 7.61. The number of likely N-dealkylation sites (tertiary alicyclic amines) is 1. The molecule has 1 N–H and O–H groups in total. The van der Waals surface area contributed by atoms with Crippen molar-refractivity contribution in [3.05, 3.63) is 34.3 Å². The number of aliphatic carboxylic acids is 1. The predicted molar refractivity (Wildman–Crippen MR) is 78.4 cm³/mol. The van der Waals surface area contributed by atoms with Gasteiger partial charge in [-0.25, -0.2) is 4.79 Å². The Labute approximate surface area is 125 Å². The van der Waals surface area contributed by atoms with Crippen LogP contribution < -0.4 is 0 Å². The fourth-order valence-corrected chi connectivity index (χ4v) is 3.01. The van der Waals surface area contributed by atoms with E-state index in [9.17, 15) is 14.7 Å². The minimum Gasteiger partial charge on any atom is -0.480 e. The topological polar surface area (TPSA) is 57.6 Å². The van der Waals surface area contributed by atoms with Crippen LogP contribution >= 0.6 is 28.6 Å². The molecule has 1 fully saturated rings. The van der Waals surface area contributed by atoms with Gasteiger partial charge in [0.15, 0.2) is 0 Å². The average Bonchev–Trinajstić information content (AvgIpc) is 2.65. The second kappa shape index (κ2) is 5.96. The van der Waals surface area contributed by atoms with Crippen molar-refractivity contribution >= 4 is 40.4 Å². The summed E-state index contributed by atoms with van der Waals surface area (Å²) in [5.41, 5.74) is 0.886. The van der Waals surface area contributed by atoms with Crippen molar-refractivity contribution in [2.75, 3.05) is 6.54 Å². The number of carboxylic acid groups (broad SMARTS) is 1. The summed E-state index contributed by atoms with van der Waals surface area (Å²) in [7, 11) is 0. The van der Waals surface area contributed by atoms with Crippen LogP contribution in [0.2, 0.25) is 0 Å². The highest BCUT2D eigenvalue weighted by atomic mass is 79.9. The first-order valence-corrected chi connectivity index (χ1v) is 7.23. The van der Waals surface area contributed by atoms with Gasteiger partial charge in [0.2, 0.25) is 5.91 Å². The number of hydrogen-bond donors (Lipinski definition) is 2. The maximum Gasteiger partial charge on any atom is 0.326 e. The Balaban J connectivity index is 2.17. The van der Waals surface area contributed by atoms with E-state index in [0.717, 1.165) is 10.0 Å². The third kappa shape index (κ3) is 3.51. The minimum atomic E-state index is -0.976. The summed E-state index contributed by atoms with van der Waals surface area (Å²) < 4.78 is 0.897. The lowest BCUT2D eigenvalue weighted by molar-refractivity contribution is -0.148. The highest BCUT2D eigenvalue weighted by Crippen LogP contribution is 2.22. The number of carbonyl (C=O) groups excluding carboxylic acids is 1. The van der Waals surface area contributed by atoms with E-state index in [1.54, 1.807) is 0 Å². The number of carboxylic acids is 1. The number of hydrogen-bond acceptors (Lipinski definition) is 3. The SMILES string of the molecule is O=C(O)C(Cc1cccc(Br)c1)N1CC(S)CC1=O. The maximum absolute atomic E-state index is 11.8. The summed E-state index contributed by atoms with van der Waals surface area (Å²) in [5.74, 6) is -1.11. The molecule has 2 unspecified atom stereocenters. The van der Waals surface area contributed by atoms with E-state index in [1.165, 1.54) is 4.90 Å². The van der Waals surface area contributed by atoms with Crippen molar-refractivity contribution < 1.29 is 14.7 Å². The van der Waals surface area contributed by atoms with Gasteiger partial charge in [-0.1, -0.05) is 28.1 Å². The molecule has 19 heavy (non-hydrogen) atoms. The van der Waals surface area contributed by atoms with Crippen molar-refractivity contribution in [3.63, 3.8) is 0 Å². The molecule has 102 valence electrons. The van der Waals surface area contributed by atoms with Crippen LogP contribution in [0.4, 0.5) is 0 Å². The molecule has 0 spiro atoms. The fraction of sp³-hybridized carbons (Fsp3) is 0.385. The predicted octanol–water partition coefficient (Wildman–Crippen LogP) is 1.98. The first kappa shape index (κ1) is 14.4. The number of rotatable bonds is 4. The quantitative estimate of drug-likeness (QED) is 0.822. The van der Waals surface area contributed by atoms with E-state index < -0.39 is 12.0 Å². The Morgan fingerprint density at radius 2 is 2.32 bits per heavy atom. The van der Waals surface area contributed by atoms with E-state index in [0.29, 0.717) is 19.4 Å². The van der Waals surface area contributed by atoms with Crippen LogP contribution in [0.15, 0.2) is 28.7 Å². The van der Waals surface area contributed by atoms with E-state index in [1.807, 2.05) is 24.3 Å². The Hall–Kier alpha value is -1.01. The maximum atomic E-state index is 11.8. The van der Waals surface area contributed by atoms with Gasteiger partial charge in [-0.15, -0.1) is 0 Å². The lowest BCUT2D eigenvalue weighted by Crippen LogP contribution is -2.43. The Kier molecular flexibility index (Phi) is 4.52. The van der Waals surface area contributed by atoms with Gasteiger partial charge in [0.1, 0.15) is 6.04 Å². The largest absolute Gasteiger partial charge is 0.480 e. The smallest absolute Gasteiger partial charge is 0.326 e. The number of amides is 1. The highest BCUT2D eigenvalue weighted by Gasteiger charge is 2.36. The van der Waals surface area contributed by atoms with Gasteiger partial charge >= 0.3 is 5.97 Å². The van der Waals surface area contributed by atoms with Gasteiger partial charge in [-0.05, 0) is 17.7 Å². The number of benzene rings is 1. The molecule has 0 radical (unpaired) electrons. The van der Waals surface area contributed by atoms with Crippen LogP contribution in [0, 0.1) is 0 Å². The number of thiol groups is 1. The minimum absolute atomic E-state index is 0.0724. The van der Waals surface area contributed by atoms with Crippen molar-refractivity contribution in [3.8, 4) is 0 Å². The standard InChI is InChI=1S/C13H14BrNO3S/c14-9-3-1-2-8(4-9)5-11(13(17)18)15-7-10(19)6-12(15)16/h1-4,10-11,19H,5-7H2,(H,17,18). The van der Waals surface area contributed by atoms with Crippen molar-refractivity contribution in [2.45, 2.75) is 24.1 Å². The summed E-state index contributed by atoms with van der Waals surface area (Å²) in [6.45, 7) is 0.396. The molecule has 1 heterocycles. The van der Waals surface area contributed by atoms with Gasteiger partial charge in [-0.2, -0.15) is 12.6 Å². The van der Waals surface area contributed by atoms with Crippen LogP contribution in [0.25, 0.3) is 0 Å². The van der Waals surface area contributed by atoms with Crippen molar-refractivity contribution in [1.82, 2.24) is 4.90 Å². The molecule has 2 atom stereocenters. The summed E-state index contributed by atoms with van der Waals surface area (Å²) in [4.78, 5) is 24.6. The summed E-state index contributed by atoms with van der Waals surface area (Å²) in [5, 5.41) is 9.27. The fourth-order valence-electron chi connectivity index (χ4n) is 2.23. The Bertz CT molecular complexity index is 508. The van der Waals surface area contributed by atoms with Crippen molar-refractivity contribution in [2.24, 2.45) is 0 Å². The first-order chi connectivity index (χ1) is 8.97. The lowest BCUT2D eigenvalue weighted by atomic mass is 10.1. The van der Waals surface area contributed by atoms with Gasteiger partial charge < -0.3 is 10.0 Å². The van der Waals surface area contributed by atoms with Crippen LogP contribution in [-0.2, 0) is 16.0 Å². The molecule has 0 aliphatic carbocycles. The lowest BCUT2D eigenvalue weighted by Gasteiger charge is -2.24. The number of nitrogens with zero attached hydrogens (tertiary/aromatic N) is 1. The van der Waals surface area contributed by atoms with Gasteiger partial charge in [0.25, 0.3) is 0 Å². The molecule has 4 nitrogen and oxygen atoms in total. The molecule has 1 saturated heterocycles. The normalized spacial score (nSPS) is 20.6. The van der Waals surface area contributed by atoms with Crippen molar-refractivity contribution in [1.29, 1.82) is 0 Å². The third-order valence-electron chi connectivity index (χ3n) is 3.12. The molecule has 0 bridgehead atoms. The molecule has 1 aliphatic heterocycles. The van der Waals surface area contributed by atoms with E-state index in [2.05, 4.69) is 28.6 Å². The van der Waals surface area contributed by atoms with Gasteiger partial charge in [0.05, 0.1) is 0 Å². The van der Waals surface area contributed by atoms with Crippen LogP contribution in [0.3, 0.4) is 0 Å².